The summed E-state index contributed by atoms with van der Waals surface area (Å²) >= 11 is 1.65. The van der Waals surface area contributed by atoms with Crippen LogP contribution in [0.2, 0.25) is 0 Å². The topological polar surface area (TPSA) is 54.9 Å². The molecule has 0 spiro atoms. The molecule has 1 amide bonds. The number of hydrogen-bond donors (Lipinski definition) is 1. The van der Waals surface area contributed by atoms with Gasteiger partial charge in [-0.15, -0.1) is 11.3 Å². The van der Waals surface area contributed by atoms with E-state index in [0.29, 0.717) is 13.0 Å². The maximum absolute atomic E-state index is 11.8. The number of carbonyl (C=O) groups excluding carboxylic acids is 1. The minimum absolute atomic E-state index is 0.0244. The molecule has 2 aromatic rings. The SMILES string of the molecule is Cc1nc(-c2ccccn2)sc1CCNC(=O)CC(C)(C)C. The minimum Gasteiger partial charge on any atom is -0.356 e. The van der Waals surface area contributed by atoms with Crippen LogP contribution in [-0.2, 0) is 11.2 Å². The second-order valence-corrected chi connectivity index (χ2v) is 7.66. The maximum atomic E-state index is 11.8. The highest BCUT2D eigenvalue weighted by atomic mass is 32.1. The van der Waals surface area contributed by atoms with Gasteiger partial charge in [0.1, 0.15) is 5.01 Å². The molecule has 4 nitrogen and oxygen atoms in total. The third-order valence-corrected chi connectivity index (χ3v) is 4.38. The number of rotatable bonds is 5. The summed E-state index contributed by atoms with van der Waals surface area (Å²) in [6.45, 7) is 8.87. The summed E-state index contributed by atoms with van der Waals surface area (Å²) in [5.74, 6) is 0.111. The Morgan fingerprint density at radius 3 is 2.73 bits per heavy atom. The smallest absolute Gasteiger partial charge is 0.220 e. The van der Waals surface area contributed by atoms with E-state index >= 15 is 0 Å². The molecule has 22 heavy (non-hydrogen) atoms. The monoisotopic (exact) mass is 317 g/mol. The summed E-state index contributed by atoms with van der Waals surface area (Å²) in [6.07, 6.45) is 3.14. The molecular formula is C17H23N3OS. The van der Waals surface area contributed by atoms with Crippen LogP contribution in [0.25, 0.3) is 10.7 Å². The number of carbonyl (C=O) groups is 1. The summed E-state index contributed by atoms with van der Waals surface area (Å²) in [4.78, 5) is 21.9. The lowest BCUT2D eigenvalue weighted by molar-refractivity contribution is -0.122. The molecule has 5 heteroatoms. The molecule has 0 aliphatic rings. The summed E-state index contributed by atoms with van der Waals surface area (Å²) in [5.41, 5.74) is 1.95. The number of amides is 1. The van der Waals surface area contributed by atoms with Gasteiger partial charge >= 0.3 is 0 Å². The van der Waals surface area contributed by atoms with Crippen LogP contribution in [0.4, 0.5) is 0 Å². The molecule has 0 aliphatic heterocycles. The van der Waals surface area contributed by atoms with Crippen LogP contribution in [0.3, 0.4) is 0 Å². The highest BCUT2D eigenvalue weighted by Crippen LogP contribution is 2.26. The van der Waals surface area contributed by atoms with Crippen molar-refractivity contribution in [2.75, 3.05) is 6.54 Å². The van der Waals surface area contributed by atoms with Crippen LogP contribution in [0.5, 0.6) is 0 Å². The average Bonchev–Trinajstić information content (AvgIpc) is 2.79. The third-order valence-electron chi connectivity index (χ3n) is 3.14. The molecule has 118 valence electrons. The predicted molar refractivity (Wildman–Crippen MR) is 90.9 cm³/mol. The summed E-state index contributed by atoms with van der Waals surface area (Å²) in [5, 5.41) is 3.93. The Balaban J connectivity index is 1.92. The molecule has 2 heterocycles. The van der Waals surface area contributed by atoms with E-state index in [1.54, 1.807) is 17.5 Å². The van der Waals surface area contributed by atoms with E-state index < -0.39 is 0 Å². The van der Waals surface area contributed by atoms with Gasteiger partial charge in [-0.2, -0.15) is 0 Å². The van der Waals surface area contributed by atoms with Crippen molar-refractivity contribution in [1.29, 1.82) is 0 Å². The zero-order valence-electron chi connectivity index (χ0n) is 13.6. The highest BCUT2D eigenvalue weighted by molar-refractivity contribution is 7.15. The number of hydrogen-bond acceptors (Lipinski definition) is 4. The second kappa shape index (κ2) is 7.01. The Morgan fingerprint density at radius 1 is 1.32 bits per heavy atom. The van der Waals surface area contributed by atoms with Gasteiger partial charge in [-0.1, -0.05) is 26.8 Å². The van der Waals surface area contributed by atoms with Gasteiger partial charge in [0.25, 0.3) is 0 Å². The van der Waals surface area contributed by atoms with Gasteiger partial charge in [0.2, 0.25) is 5.91 Å². The Kier molecular flexibility index (Phi) is 5.29. The standard InChI is InChI=1S/C17H23N3OS/c1-12-14(8-10-19-15(21)11-17(2,3)4)22-16(20-12)13-7-5-6-9-18-13/h5-7,9H,8,10-11H2,1-4H3,(H,19,21). The fourth-order valence-electron chi connectivity index (χ4n) is 2.12. The Hall–Kier alpha value is -1.75. The number of pyridine rings is 1. The predicted octanol–water partition coefficient (Wildman–Crippen LogP) is 3.61. The molecule has 0 aromatic carbocycles. The molecule has 0 fully saturated rings. The van der Waals surface area contributed by atoms with Crippen molar-refractivity contribution < 1.29 is 4.79 Å². The van der Waals surface area contributed by atoms with Crippen molar-refractivity contribution in [2.24, 2.45) is 5.41 Å². The lowest BCUT2D eigenvalue weighted by atomic mass is 9.92. The average molecular weight is 317 g/mol. The van der Waals surface area contributed by atoms with Gasteiger partial charge in [0, 0.05) is 30.5 Å². The fraction of sp³-hybridized carbons (Fsp3) is 0.471. The number of aryl methyl sites for hydroxylation is 1. The minimum atomic E-state index is 0.0244. The molecule has 0 bridgehead atoms. The largest absolute Gasteiger partial charge is 0.356 e. The zero-order chi connectivity index (χ0) is 16.2. The van der Waals surface area contributed by atoms with Crippen molar-refractivity contribution >= 4 is 17.2 Å². The summed E-state index contributed by atoms with van der Waals surface area (Å²) < 4.78 is 0. The van der Waals surface area contributed by atoms with Crippen LogP contribution >= 0.6 is 11.3 Å². The Labute approximate surface area is 136 Å². The molecular weight excluding hydrogens is 294 g/mol. The second-order valence-electron chi connectivity index (χ2n) is 6.58. The number of aromatic nitrogens is 2. The first-order valence-corrected chi connectivity index (χ1v) is 8.31. The quantitative estimate of drug-likeness (QED) is 0.916. The first-order valence-electron chi connectivity index (χ1n) is 7.49. The first kappa shape index (κ1) is 16.6. The number of nitrogens with one attached hydrogen (secondary N) is 1. The van der Waals surface area contributed by atoms with Crippen LogP contribution in [0, 0.1) is 12.3 Å². The van der Waals surface area contributed by atoms with Gasteiger partial charge in [0.15, 0.2) is 0 Å². The normalized spacial score (nSPS) is 11.5. The van der Waals surface area contributed by atoms with Gasteiger partial charge < -0.3 is 5.32 Å². The van der Waals surface area contributed by atoms with E-state index in [2.05, 4.69) is 36.1 Å². The summed E-state index contributed by atoms with van der Waals surface area (Å²) in [6, 6.07) is 5.83. The molecule has 1 N–H and O–H groups in total. The molecule has 2 aromatic heterocycles. The van der Waals surface area contributed by atoms with Crippen LogP contribution in [-0.4, -0.2) is 22.4 Å². The molecule has 2 rings (SSSR count). The van der Waals surface area contributed by atoms with Crippen LogP contribution < -0.4 is 5.32 Å². The third kappa shape index (κ3) is 4.91. The van der Waals surface area contributed by atoms with Crippen molar-refractivity contribution in [1.82, 2.24) is 15.3 Å². The van der Waals surface area contributed by atoms with Gasteiger partial charge in [-0.25, -0.2) is 4.98 Å². The van der Waals surface area contributed by atoms with Crippen molar-refractivity contribution in [3.63, 3.8) is 0 Å². The molecule has 0 saturated carbocycles. The Bertz CT molecular complexity index is 629. The molecule has 0 aliphatic carbocycles. The molecule has 0 saturated heterocycles. The van der Waals surface area contributed by atoms with E-state index in [0.717, 1.165) is 22.8 Å². The molecule has 0 unspecified atom stereocenters. The van der Waals surface area contributed by atoms with Crippen molar-refractivity contribution in [2.45, 2.75) is 40.5 Å². The lowest BCUT2D eigenvalue weighted by Gasteiger charge is -2.17. The Morgan fingerprint density at radius 2 is 2.09 bits per heavy atom. The van der Waals surface area contributed by atoms with E-state index in [4.69, 9.17) is 0 Å². The van der Waals surface area contributed by atoms with E-state index in [-0.39, 0.29) is 11.3 Å². The van der Waals surface area contributed by atoms with Gasteiger partial charge in [0.05, 0.1) is 11.4 Å². The zero-order valence-corrected chi connectivity index (χ0v) is 14.5. The first-order chi connectivity index (χ1) is 10.3. The number of nitrogens with zero attached hydrogens (tertiary/aromatic N) is 2. The van der Waals surface area contributed by atoms with Gasteiger partial charge in [-0.3, -0.25) is 9.78 Å². The number of thiazole rings is 1. The van der Waals surface area contributed by atoms with Crippen molar-refractivity contribution in [3.05, 3.63) is 35.0 Å². The van der Waals surface area contributed by atoms with E-state index in [9.17, 15) is 4.79 Å². The molecule has 0 atom stereocenters. The maximum Gasteiger partial charge on any atom is 0.220 e. The van der Waals surface area contributed by atoms with Crippen LogP contribution in [0.1, 0.15) is 37.8 Å². The van der Waals surface area contributed by atoms with E-state index in [1.807, 2.05) is 25.1 Å². The molecule has 0 radical (unpaired) electrons. The van der Waals surface area contributed by atoms with Gasteiger partial charge in [-0.05, 0) is 24.5 Å². The van der Waals surface area contributed by atoms with E-state index in [1.165, 1.54) is 4.88 Å². The van der Waals surface area contributed by atoms with Crippen LogP contribution in [0.15, 0.2) is 24.4 Å². The highest BCUT2D eigenvalue weighted by Gasteiger charge is 2.16. The van der Waals surface area contributed by atoms with Crippen molar-refractivity contribution in [3.8, 4) is 10.7 Å². The lowest BCUT2D eigenvalue weighted by Crippen LogP contribution is -2.29. The fourth-order valence-corrected chi connectivity index (χ4v) is 3.16. The summed E-state index contributed by atoms with van der Waals surface area (Å²) in [7, 11) is 0.